The number of hydrogen-bond acceptors (Lipinski definition) is 5. The average molecular weight is 376 g/mol. The minimum absolute atomic E-state index is 0.168. The van der Waals surface area contributed by atoms with Gasteiger partial charge in [0.15, 0.2) is 11.5 Å². The number of hydrogen-bond donors (Lipinski definition) is 2. The monoisotopic (exact) mass is 376 g/mol. The molecule has 0 spiro atoms. The molecule has 1 aliphatic heterocycles. The molecule has 1 amide bonds. The van der Waals surface area contributed by atoms with Crippen LogP contribution in [-0.2, 0) is 10.0 Å². The Kier molecular flexibility index (Phi) is 4.78. The molecule has 0 aliphatic carbocycles. The molecule has 0 aromatic heterocycles. The Labute approximate surface area is 152 Å². The van der Waals surface area contributed by atoms with E-state index in [1.54, 1.807) is 50.2 Å². The minimum Gasteiger partial charge on any atom is -0.454 e. The maximum absolute atomic E-state index is 12.4. The zero-order valence-corrected chi connectivity index (χ0v) is 15.5. The van der Waals surface area contributed by atoms with Gasteiger partial charge in [-0.05, 0) is 57.2 Å². The highest BCUT2D eigenvalue weighted by Gasteiger charge is 2.19. The summed E-state index contributed by atoms with van der Waals surface area (Å²) < 4.78 is 36.9. The first-order chi connectivity index (χ1) is 12.3. The second kappa shape index (κ2) is 6.87. The van der Waals surface area contributed by atoms with E-state index in [2.05, 4.69) is 10.0 Å². The van der Waals surface area contributed by atoms with Gasteiger partial charge >= 0.3 is 0 Å². The fourth-order valence-corrected chi connectivity index (χ4v) is 3.11. The molecule has 1 aliphatic rings. The van der Waals surface area contributed by atoms with Crippen LogP contribution < -0.4 is 19.5 Å². The third kappa shape index (κ3) is 3.60. The van der Waals surface area contributed by atoms with Gasteiger partial charge < -0.3 is 14.8 Å². The molecule has 0 fully saturated rings. The van der Waals surface area contributed by atoms with Gasteiger partial charge in [0.1, 0.15) is 0 Å². The van der Waals surface area contributed by atoms with Crippen molar-refractivity contribution in [3.8, 4) is 11.5 Å². The van der Waals surface area contributed by atoms with Crippen LogP contribution in [-0.4, -0.2) is 26.4 Å². The Morgan fingerprint density at radius 3 is 2.42 bits per heavy atom. The number of amides is 1. The Bertz CT molecular complexity index is 937. The van der Waals surface area contributed by atoms with Crippen molar-refractivity contribution in [1.82, 2.24) is 0 Å². The average Bonchev–Trinajstić information content (AvgIpc) is 3.07. The molecule has 0 saturated heterocycles. The number of carbonyl (C=O) groups excluding carboxylic acids is 1. The SMILES string of the molecule is Cc1c(NC(=O)c2ccc(NS(=O)(=O)C(C)C)cc2)ccc2c1OCO2. The maximum atomic E-state index is 12.4. The predicted octanol–water partition coefficient (Wildman–Crippen LogP) is 3.13. The second-order valence-corrected chi connectivity index (χ2v) is 8.44. The summed E-state index contributed by atoms with van der Waals surface area (Å²) in [6.07, 6.45) is 0. The van der Waals surface area contributed by atoms with Crippen molar-refractivity contribution in [3.63, 3.8) is 0 Å². The van der Waals surface area contributed by atoms with Gasteiger partial charge in [0.25, 0.3) is 5.91 Å². The molecule has 7 nitrogen and oxygen atoms in total. The molecule has 2 N–H and O–H groups in total. The van der Waals surface area contributed by atoms with Gasteiger partial charge in [0.05, 0.1) is 5.25 Å². The summed E-state index contributed by atoms with van der Waals surface area (Å²) in [5, 5.41) is 2.29. The largest absolute Gasteiger partial charge is 0.454 e. The normalized spacial score (nSPS) is 12.9. The van der Waals surface area contributed by atoms with Crippen LogP contribution in [0.2, 0.25) is 0 Å². The molecule has 0 radical (unpaired) electrons. The highest BCUT2D eigenvalue weighted by Crippen LogP contribution is 2.39. The molecule has 0 unspecified atom stereocenters. The van der Waals surface area contributed by atoms with Crippen LogP contribution in [0.4, 0.5) is 11.4 Å². The highest BCUT2D eigenvalue weighted by atomic mass is 32.2. The molecule has 1 heterocycles. The molecule has 0 atom stereocenters. The van der Waals surface area contributed by atoms with Crippen LogP contribution in [0.25, 0.3) is 0 Å². The number of benzene rings is 2. The van der Waals surface area contributed by atoms with Crippen LogP contribution in [0.1, 0.15) is 29.8 Å². The van der Waals surface area contributed by atoms with E-state index in [4.69, 9.17) is 9.47 Å². The van der Waals surface area contributed by atoms with Gasteiger partial charge in [-0.3, -0.25) is 9.52 Å². The predicted molar refractivity (Wildman–Crippen MR) is 99.4 cm³/mol. The minimum atomic E-state index is -3.42. The fourth-order valence-electron chi connectivity index (χ4n) is 2.41. The van der Waals surface area contributed by atoms with Crippen molar-refractivity contribution < 1.29 is 22.7 Å². The number of carbonyl (C=O) groups is 1. The number of rotatable bonds is 5. The molecule has 8 heteroatoms. The van der Waals surface area contributed by atoms with Crippen molar-refractivity contribution >= 4 is 27.3 Å². The molecule has 26 heavy (non-hydrogen) atoms. The smallest absolute Gasteiger partial charge is 0.255 e. The zero-order chi connectivity index (χ0) is 18.9. The first-order valence-electron chi connectivity index (χ1n) is 8.10. The topological polar surface area (TPSA) is 93.7 Å². The lowest BCUT2D eigenvalue weighted by molar-refractivity contribution is 0.102. The molecule has 0 saturated carbocycles. The van der Waals surface area contributed by atoms with E-state index in [0.717, 1.165) is 5.56 Å². The summed E-state index contributed by atoms with van der Waals surface area (Å²) >= 11 is 0. The second-order valence-electron chi connectivity index (χ2n) is 6.20. The summed E-state index contributed by atoms with van der Waals surface area (Å²) in [7, 11) is -3.42. The van der Waals surface area contributed by atoms with Gasteiger partial charge in [-0.25, -0.2) is 8.42 Å². The zero-order valence-electron chi connectivity index (χ0n) is 14.7. The Morgan fingerprint density at radius 2 is 1.77 bits per heavy atom. The number of nitrogens with one attached hydrogen (secondary N) is 2. The lowest BCUT2D eigenvalue weighted by atomic mass is 10.1. The Morgan fingerprint density at radius 1 is 1.08 bits per heavy atom. The van der Waals surface area contributed by atoms with Crippen LogP contribution in [0.15, 0.2) is 36.4 Å². The first-order valence-corrected chi connectivity index (χ1v) is 9.65. The van der Waals surface area contributed by atoms with Gasteiger partial charge in [-0.1, -0.05) is 0 Å². The first kappa shape index (κ1) is 18.1. The molecule has 138 valence electrons. The lowest BCUT2D eigenvalue weighted by Gasteiger charge is -2.12. The van der Waals surface area contributed by atoms with E-state index in [1.165, 1.54) is 0 Å². The summed E-state index contributed by atoms with van der Waals surface area (Å²) in [5.41, 5.74) is 2.24. The van der Waals surface area contributed by atoms with Crippen LogP contribution in [0.5, 0.6) is 11.5 Å². The van der Waals surface area contributed by atoms with E-state index in [-0.39, 0.29) is 12.7 Å². The molecule has 2 aromatic rings. The Balaban J connectivity index is 1.73. The fraction of sp³-hybridized carbons (Fsp3) is 0.278. The van der Waals surface area contributed by atoms with Gasteiger partial charge in [0, 0.05) is 22.5 Å². The van der Waals surface area contributed by atoms with Crippen LogP contribution in [0, 0.1) is 6.92 Å². The third-order valence-electron chi connectivity index (χ3n) is 4.06. The molecule has 2 aromatic carbocycles. The standard InChI is InChI=1S/C18H20N2O5S/c1-11(2)26(22,23)20-14-6-4-13(5-7-14)18(21)19-15-8-9-16-17(12(15)3)25-10-24-16/h4-9,11,20H,10H2,1-3H3,(H,19,21). The van der Waals surface area contributed by atoms with Crippen molar-refractivity contribution in [2.24, 2.45) is 0 Å². The molecular formula is C18H20N2O5S. The van der Waals surface area contributed by atoms with E-state index in [9.17, 15) is 13.2 Å². The van der Waals surface area contributed by atoms with Gasteiger partial charge in [0.2, 0.25) is 16.8 Å². The van der Waals surface area contributed by atoms with Crippen molar-refractivity contribution in [2.75, 3.05) is 16.8 Å². The van der Waals surface area contributed by atoms with Crippen molar-refractivity contribution in [2.45, 2.75) is 26.0 Å². The summed E-state index contributed by atoms with van der Waals surface area (Å²) in [5.74, 6) is 0.980. The van der Waals surface area contributed by atoms with Crippen molar-refractivity contribution in [1.29, 1.82) is 0 Å². The summed E-state index contributed by atoms with van der Waals surface area (Å²) in [6.45, 7) is 5.20. The maximum Gasteiger partial charge on any atom is 0.255 e. The highest BCUT2D eigenvalue weighted by molar-refractivity contribution is 7.93. The quantitative estimate of drug-likeness (QED) is 0.836. The number of anilines is 2. The van der Waals surface area contributed by atoms with E-state index in [1.807, 2.05) is 6.92 Å². The van der Waals surface area contributed by atoms with E-state index < -0.39 is 15.3 Å². The van der Waals surface area contributed by atoms with E-state index >= 15 is 0 Å². The summed E-state index contributed by atoms with van der Waals surface area (Å²) in [4.78, 5) is 12.4. The van der Waals surface area contributed by atoms with Gasteiger partial charge in [-0.15, -0.1) is 0 Å². The van der Waals surface area contributed by atoms with Crippen molar-refractivity contribution in [3.05, 3.63) is 47.5 Å². The number of sulfonamides is 1. The number of fused-ring (bicyclic) bond motifs is 1. The number of ether oxygens (including phenoxy) is 2. The van der Waals surface area contributed by atoms with Gasteiger partial charge in [-0.2, -0.15) is 0 Å². The van der Waals surface area contributed by atoms with E-state index in [0.29, 0.717) is 28.4 Å². The Hall–Kier alpha value is -2.74. The molecule has 0 bridgehead atoms. The molecule has 3 rings (SSSR count). The lowest BCUT2D eigenvalue weighted by Crippen LogP contribution is -2.22. The van der Waals surface area contributed by atoms with Crippen LogP contribution in [0.3, 0.4) is 0 Å². The third-order valence-corrected chi connectivity index (χ3v) is 5.82. The summed E-state index contributed by atoms with van der Waals surface area (Å²) in [6, 6.07) is 9.75. The van der Waals surface area contributed by atoms with Crippen LogP contribution >= 0.6 is 0 Å². The molecular weight excluding hydrogens is 356 g/mol.